The lowest BCUT2D eigenvalue weighted by molar-refractivity contribution is -0.143. The van der Waals surface area contributed by atoms with Crippen LogP contribution >= 0.6 is 0 Å². The maximum Gasteiger partial charge on any atom is 0.418 e. The van der Waals surface area contributed by atoms with Crippen LogP contribution in [0.4, 0.5) is 32.4 Å². The van der Waals surface area contributed by atoms with E-state index >= 15 is 0 Å². The summed E-state index contributed by atoms with van der Waals surface area (Å²) >= 11 is 0. The number of nitrogens with two attached hydrogens (primary N) is 1. The van der Waals surface area contributed by atoms with Crippen molar-refractivity contribution < 1.29 is 45.8 Å². The number of nitrogens with one attached hydrogen (secondary N) is 2. The number of ether oxygens (including phenoxy) is 3. The van der Waals surface area contributed by atoms with E-state index in [4.69, 9.17) is 19.9 Å². The van der Waals surface area contributed by atoms with Gasteiger partial charge in [0, 0.05) is 44.9 Å². The number of pyridine rings is 1. The van der Waals surface area contributed by atoms with Crippen LogP contribution in [-0.2, 0) is 27.2 Å². The number of fused-ring (bicyclic) bond motifs is 1. The van der Waals surface area contributed by atoms with Crippen LogP contribution in [0.3, 0.4) is 0 Å². The number of rotatable bonds is 10. The molecule has 1 saturated heterocycles. The van der Waals surface area contributed by atoms with E-state index in [-0.39, 0.29) is 31.3 Å². The van der Waals surface area contributed by atoms with Gasteiger partial charge in [-0.05, 0) is 12.1 Å². The molecule has 0 saturated carbocycles. The number of carbonyl (C=O) groups excluding carboxylic acids is 2. The van der Waals surface area contributed by atoms with Crippen molar-refractivity contribution in [3.63, 3.8) is 0 Å². The SMILES string of the molecule is C[Si](C)(C)CCOCn1cc(C(F)(F)F)c2c(Oc3c(F)cc(NC(=O)NC4(C(N)=O)COC4)cc3F)ccnc21. The first-order chi connectivity index (χ1) is 19.1. The van der Waals surface area contributed by atoms with E-state index in [0.717, 1.165) is 29.1 Å². The van der Waals surface area contributed by atoms with E-state index < -0.39 is 65.8 Å². The average molecular weight is 602 g/mol. The number of hydrogen-bond acceptors (Lipinski definition) is 6. The third kappa shape index (κ3) is 6.77. The molecule has 0 atom stereocenters. The Hall–Kier alpha value is -3.76. The molecule has 4 rings (SSSR count). The van der Waals surface area contributed by atoms with Gasteiger partial charge in [0.25, 0.3) is 0 Å². The normalized spacial score (nSPS) is 14.9. The second kappa shape index (κ2) is 11.3. The summed E-state index contributed by atoms with van der Waals surface area (Å²) in [7, 11) is -1.44. The van der Waals surface area contributed by atoms with E-state index in [1.807, 2.05) is 0 Å². The first-order valence-electron chi connectivity index (χ1n) is 12.4. The number of carbonyl (C=O) groups is 2. The molecule has 222 valence electrons. The molecule has 16 heteroatoms. The summed E-state index contributed by atoms with van der Waals surface area (Å²) in [5.41, 5.74) is 2.17. The molecule has 4 N–H and O–H groups in total. The van der Waals surface area contributed by atoms with Gasteiger partial charge in [-0.3, -0.25) is 4.79 Å². The highest BCUT2D eigenvalue weighted by Crippen LogP contribution is 2.42. The molecule has 0 aliphatic carbocycles. The maximum absolute atomic E-state index is 14.9. The van der Waals surface area contributed by atoms with Crippen LogP contribution in [0.1, 0.15) is 5.56 Å². The molecule has 0 bridgehead atoms. The van der Waals surface area contributed by atoms with Gasteiger partial charge in [-0.1, -0.05) is 19.6 Å². The molecule has 3 amide bonds. The zero-order chi connectivity index (χ0) is 30.2. The predicted octanol–water partition coefficient (Wildman–Crippen LogP) is 4.81. The van der Waals surface area contributed by atoms with Gasteiger partial charge >= 0.3 is 12.2 Å². The molecule has 1 aliphatic rings. The summed E-state index contributed by atoms with van der Waals surface area (Å²) in [5, 5.41) is 3.95. The van der Waals surface area contributed by atoms with Gasteiger partial charge in [0.2, 0.25) is 5.91 Å². The van der Waals surface area contributed by atoms with E-state index in [1.54, 1.807) is 0 Å². The first kappa shape index (κ1) is 30.2. The minimum absolute atomic E-state index is 0.151. The quantitative estimate of drug-likeness (QED) is 0.174. The summed E-state index contributed by atoms with van der Waals surface area (Å²) < 4.78 is 88.7. The number of urea groups is 1. The van der Waals surface area contributed by atoms with Crippen LogP contribution in [0.5, 0.6) is 11.5 Å². The zero-order valence-electron chi connectivity index (χ0n) is 22.3. The fraction of sp³-hybridized carbons (Fsp3) is 0.400. The van der Waals surface area contributed by atoms with Gasteiger partial charge in [-0.2, -0.15) is 13.2 Å². The van der Waals surface area contributed by atoms with Crippen molar-refractivity contribution in [2.45, 2.75) is 44.1 Å². The Bertz CT molecular complexity index is 1450. The summed E-state index contributed by atoms with van der Waals surface area (Å²) in [6.07, 6.45) is -2.89. The number of halogens is 5. The third-order valence-corrected chi connectivity index (χ3v) is 7.94. The monoisotopic (exact) mass is 601 g/mol. The van der Waals surface area contributed by atoms with E-state index in [1.165, 1.54) is 0 Å². The lowest BCUT2D eigenvalue weighted by atomic mass is 9.97. The Kier molecular flexibility index (Phi) is 8.29. The fourth-order valence-corrected chi connectivity index (χ4v) is 4.68. The number of nitrogens with zero attached hydrogens (tertiary/aromatic N) is 2. The van der Waals surface area contributed by atoms with Crippen molar-refractivity contribution in [3.05, 3.63) is 47.8 Å². The lowest BCUT2D eigenvalue weighted by Gasteiger charge is -2.38. The highest BCUT2D eigenvalue weighted by Gasteiger charge is 2.46. The average Bonchev–Trinajstić information content (AvgIpc) is 3.21. The summed E-state index contributed by atoms with van der Waals surface area (Å²) in [4.78, 5) is 27.9. The Morgan fingerprint density at radius 2 is 1.85 bits per heavy atom. The van der Waals surface area contributed by atoms with Gasteiger partial charge in [0.15, 0.2) is 22.9 Å². The Balaban J connectivity index is 1.58. The molecule has 0 radical (unpaired) electrons. The summed E-state index contributed by atoms with van der Waals surface area (Å²) in [5.74, 6) is -4.98. The van der Waals surface area contributed by atoms with Gasteiger partial charge in [-0.25, -0.2) is 18.6 Å². The van der Waals surface area contributed by atoms with E-state index in [0.29, 0.717) is 18.7 Å². The maximum atomic E-state index is 14.9. The van der Waals surface area contributed by atoms with Gasteiger partial charge < -0.3 is 35.1 Å². The van der Waals surface area contributed by atoms with Crippen molar-refractivity contribution in [1.82, 2.24) is 14.9 Å². The number of hydrogen-bond donors (Lipinski definition) is 3. The van der Waals surface area contributed by atoms with Crippen LogP contribution in [0.15, 0.2) is 30.6 Å². The van der Waals surface area contributed by atoms with Gasteiger partial charge in [-0.15, -0.1) is 0 Å². The van der Waals surface area contributed by atoms with Gasteiger partial charge in [0.05, 0.1) is 24.2 Å². The fourth-order valence-electron chi connectivity index (χ4n) is 3.93. The standard InChI is InChI=1S/C25H28F5N5O5Si/c1-41(2,3)7-6-38-13-35-10-15(25(28,29)30)19-18(4-5-32-21(19)35)40-20-16(26)8-14(9-17(20)27)33-23(37)34-24(22(31)36)11-39-12-24/h4-5,8-10H,6-7,11-13H2,1-3H3,(H2,31,36)(H2,33,34,37). The molecule has 10 nitrogen and oxygen atoms in total. The Labute approximate surface area is 231 Å². The van der Waals surface area contributed by atoms with Crippen LogP contribution in [0.2, 0.25) is 25.7 Å². The predicted molar refractivity (Wildman–Crippen MR) is 140 cm³/mol. The van der Waals surface area contributed by atoms with Crippen molar-refractivity contribution >= 4 is 36.7 Å². The van der Waals surface area contributed by atoms with Crippen molar-refractivity contribution in [3.8, 4) is 11.5 Å². The summed E-state index contributed by atoms with van der Waals surface area (Å²) in [6.45, 7) is 6.19. The number of benzene rings is 1. The van der Waals surface area contributed by atoms with Crippen molar-refractivity contribution in [2.24, 2.45) is 5.73 Å². The van der Waals surface area contributed by atoms with Crippen LogP contribution in [-0.4, -0.2) is 54.9 Å². The molecule has 3 aromatic rings. The van der Waals surface area contributed by atoms with E-state index in [9.17, 15) is 31.5 Å². The van der Waals surface area contributed by atoms with Crippen molar-refractivity contribution in [2.75, 3.05) is 25.1 Å². The number of aromatic nitrogens is 2. The van der Waals surface area contributed by atoms with Gasteiger partial charge in [0.1, 0.15) is 18.1 Å². The minimum atomic E-state index is -4.84. The van der Waals surface area contributed by atoms with Crippen LogP contribution in [0.25, 0.3) is 11.0 Å². The lowest BCUT2D eigenvalue weighted by Crippen LogP contribution is -2.69. The molecule has 0 unspecified atom stereocenters. The summed E-state index contributed by atoms with van der Waals surface area (Å²) in [6, 6.07) is 2.26. The molecular formula is C25H28F5N5O5Si. The molecular weight excluding hydrogens is 573 g/mol. The molecule has 41 heavy (non-hydrogen) atoms. The molecule has 1 aromatic carbocycles. The highest BCUT2D eigenvalue weighted by atomic mass is 28.3. The van der Waals surface area contributed by atoms with Crippen LogP contribution < -0.4 is 21.1 Å². The number of primary amides is 1. The highest BCUT2D eigenvalue weighted by molar-refractivity contribution is 6.76. The topological polar surface area (TPSA) is 130 Å². The van der Waals surface area contributed by atoms with E-state index in [2.05, 4.69) is 35.3 Å². The van der Waals surface area contributed by atoms with Crippen LogP contribution in [0, 0.1) is 11.6 Å². The Morgan fingerprint density at radius 1 is 1.20 bits per heavy atom. The molecule has 3 heterocycles. The second-order valence-corrected chi connectivity index (χ2v) is 16.4. The molecule has 1 fully saturated rings. The number of anilines is 1. The first-order valence-corrected chi connectivity index (χ1v) is 16.1. The molecule has 2 aromatic heterocycles. The largest absolute Gasteiger partial charge is 0.450 e. The molecule has 1 aliphatic heterocycles. The minimum Gasteiger partial charge on any atom is -0.450 e. The third-order valence-electron chi connectivity index (χ3n) is 6.24. The van der Waals surface area contributed by atoms with Crippen molar-refractivity contribution in [1.29, 1.82) is 0 Å². The second-order valence-electron chi connectivity index (χ2n) is 10.8. The Morgan fingerprint density at radius 3 is 2.39 bits per heavy atom. The number of amides is 3. The smallest absolute Gasteiger partial charge is 0.418 e. The zero-order valence-corrected chi connectivity index (χ0v) is 23.3. The molecule has 0 spiro atoms. The number of alkyl halides is 3.